The van der Waals surface area contributed by atoms with Crippen molar-refractivity contribution in [3.05, 3.63) is 48.3 Å². The minimum absolute atomic E-state index is 0.0800. The zero-order chi connectivity index (χ0) is 15.4. The third kappa shape index (κ3) is 3.71. The average Bonchev–Trinajstić information content (AvgIpc) is 3.29. The molecule has 1 aromatic carbocycles. The summed E-state index contributed by atoms with van der Waals surface area (Å²) in [6.07, 6.45) is 6.12. The quantitative estimate of drug-likeness (QED) is 0.798. The first-order valence-corrected chi connectivity index (χ1v) is 8.74. The predicted molar refractivity (Wildman–Crippen MR) is 88.7 cm³/mol. The van der Waals surface area contributed by atoms with Crippen molar-refractivity contribution in [2.75, 3.05) is 5.75 Å². The fraction of sp³-hybridized carbons (Fsp3) is 0.412. The van der Waals surface area contributed by atoms with Crippen LogP contribution >= 0.6 is 11.8 Å². The number of aryl methyl sites for hydroxylation is 1. The van der Waals surface area contributed by atoms with Crippen LogP contribution in [-0.2, 0) is 11.3 Å². The van der Waals surface area contributed by atoms with Crippen LogP contribution in [0.2, 0.25) is 0 Å². The fourth-order valence-electron chi connectivity index (χ4n) is 2.58. The second kappa shape index (κ2) is 7.01. The molecule has 3 rings (SSSR count). The van der Waals surface area contributed by atoms with Crippen LogP contribution in [0.5, 0.6) is 0 Å². The number of aromatic nitrogens is 2. The molecule has 0 spiro atoms. The molecule has 4 nitrogen and oxygen atoms in total. The number of carbonyl (C=O) groups is 1. The third-order valence-corrected chi connectivity index (χ3v) is 4.92. The van der Waals surface area contributed by atoms with E-state index in [1.165, 1.54) is 30.2 Å². The van der Waals surface area contributed by atoms with Crippen LogP contribution in [-0.4, -0.2) is 21.2 Å². The number of amides is 1. The van der Waals surface area contributed by atoms with Gasteiger partial charge in [-0.1, -0.05) is 42.1 Å². The number of hydrogen-bond acceptors (Lipinski definition) is 3. The van der Waals surface area contributed by atoms with E-state index in [1.54, 1.807) is 6.20 Å². The van der Waals surface area contributed by atoms with Crippen molar-refractivity contribution < 1.29 is 4.79 Å². The molecule has 1 heterocycles. The Kier molecular flexibility index (Phi) is 4.83. The minimum Gasteiger partial charge on any atom is -0.348 e. The van der Waals surface area contributed by atoms with Crippen molar-refractivity contribution >= 4 is 17.7 Å². The molecule has 1 fully saturated rings. The van der Waals surface area contributed by atoms with Crippen molar-refractivity contribution in [3.63, 3.8) is 0 Å². The molecule has 1 aliphatic rings. The molecule has 1 saturated carbocycles. The summed E-state index contributed by atoms with van der Waals surface area (Å²) in [6.45, 7) is 2.95. The van der Waals surface area contributed by atoms with Crippen molar-refractivity contribution in [2.24, 2.45) is 5.92 Å². The lowest BCUT2D eigenvalue weighted by Gasteiger charge is -2.18. The standard InChI is InChI=1S/C17H21N3OS/c1-2-20-11-10-18-17(20)22-12-15(21)19-16(14-8-9-14)13-6-4-3-5-7-13/h3-7,10-11,14,16H,2,8-9,12H2,1H3,(H,19,21). The molecule has 116 valence electrons. The van der Waals surface area contributed by atoms with Crippen LogP contribution in [0.25, 0.3) is 0 Å². The predicted octanol–water partition coefficient (Wildman–Crippen LogP) is 3.26. The van der Waals surface area contributed by atoms with Crippen LogP contribution in [0.1, 0.15) is 31.4 Å². The van der Waals surface area contributed by atoms with Gasteiger partial charge in [0.1, 0.15) is 0 Å². The molecule has 22 heavy (non-hydrogen) atoms. The van der Waals surface area contributed by atoms with Crippen molar-refractivity contribution in [1.29, 1.82) is 0 Å². The Morgan fingerprint density at radius 1 is 1.41 bits per heavy atom. The van der Waals surface area contributed by atoms with Gasteiger partial charge in [-0.25, -0.2) is 4.98 Å². The molecule has 1 amide bonds. The molecule has 1 aromatic heterocycles. The molecule has 2 aromatic rings. The number of nitrogens with zero attached hydrogens (tertiary/aromatic N) is 2. The van der Waals surface area contributed by atoms with Crippen LogP contribution in [0.15, 0.2) is 47.9 Å². The van der Waals surface area contributed by atoms with E-state index in [-0.39, 0.29) is 11.9 Å². The first-order chi connectivity index (χ1) is 10.8. The number of carbonyl (C=O) groups excluding carboxylic acids is 1. The molecule has 0 aliphatic heterocycles. The van der Waals surface area contributed by atoms with Gasteiger partial charge in [0, 0.05) is 18.9 Å². The highest BCUT2D eigenvalue weighted by Gasteiger charge is 2.33. The lowest BCUT2D eigenvalue weighted by Crippen LogP contribution is -2.31. The zero-order valence-electron chi connectivity index (χ0n) is 12.7. The smallest absolute Gasteiger partial charge is 0.230 e. The highest BCUT2D eigenvalue weighted by molar-refractivity contribution is 7.99. The second-order valence-corrected chi connectivity index (χ2v) is 6.52. The molecule has 1 N–H and O–H groups in total. The van der Waals surface area contributed by atoms with E-state index in [1.807, 2.05) is 29.0 Å². The maximum absolute atomic E-state index is 12.3. The monoisotopic (exact) mass is 315 g/mol. The molecule has 1 aliphatic carbocycles. The van der Waals surface area contributed by atoms with E-state index >= 15 is 0 Å². The number of thioether (sulfide) groups is 1. The Bertz CT molecular complexity index is 622. The maximum Gasteiger partial charge on any atom is 0.230 e. The Morgan fingerprint density at radius 2 is 2.18 bits per heavy atom. The lowest BCUT2D eigenvalue weighted by atomic mass is 10.0. The van der Waals surface area contributed by atoms with Gasteiger partial charge in [0.2, 0.25) is 5.91 Å². The summed E-state index contributed by atoms with van der Waals surface area (Å²) < 4.78 is 2.05. The Labute approximate surface area is 135 Å². The van der Waals surface area contributed by atoms with Gasteiger partial charge in [0.15, 0.2) is 5.16 Å². The Hall–Kier alpha value is -1.75. The van der Waals surface area contributed by atoms with Crippen LogP contribution in [0, 0.1) is 5.92 Å². The number of rotatable bonds is 7. The summed E-state index contributed by atoms with van der Waals surface area (Å²) in [5, 5.41) is 4.10. The highest BCUT2D eigenvalue weighted by atomic mass is 32.2. The van der Waals surface area contributed by atoms with Gasteiger partial charge in [0.05, 0.1) is 11.8 Å². The number of imidazole rings is 1. The number of nitrogens with one attached hydrogen (secondary N) is 1. The summed E-state index contributed by atoms with van der Waals surface area (Å²) in [5.74, 6) is 1.08. The highest BCUT2D eigenvalue weighted by Crippen LogP contribution is 2.40. The molecule has 5 heteroatoms. The van der Waals surface area contributed by atoms with Gasteiger partial charge in [0.25, 0.3) is 0 Å². The van der Waals surface area contributed by atoms with E-state index in [0.717, 1.165) is 11.7 Å². The van der Waals surface area contributed by atoms with Gasteiger partial charge in [-0.2, -0.15) is 0 Å². The SMILES string of the molecule is CCn1ccnc1SCC(=O)NC(c1ccccc1)C1CC1. The van der Waals surface area contributed by atoms with Gasteiger partial charge in [-0.3, -0.25) is 4.79 Å². The first-order valence-electron chi connectivity index (χ1n) is 7.76. The molecule has 0 bridgehead atoms. The lowest BCUT2D eigenvalue weighted by molar-refractivity contribution is -0.119. The maximum atomic E-state index is 12.3. The summed E-state index contributed by atoms with van der Waals surface area (Å²) in [5.41, 5.74) is 1.21. The Balaban J connectivity index is 1.58. The largest absolute Gasteiger partial charge is 0.348 e. The van der Waals surface area contributed by atoms with E-state index < -0.39 is 0 Å². The van der Waals surface area contributed by atoms with Gasteiger partial charge < -0.3 is 9.88 Å². The fourth-order valence-corrected chi connectivity index (χ4v) is 3.42. The van der Waals surface area contributed by atoms with Crippen LogP contribution < -0.4 is 5.32 Å². The van der Waals surface area contributed by atoms with Crippen LogP contribution in [0.3, 0.4) is 0 Å². The summed E-state index contributed by atoms with van der Waals surface area (Å²) in [6, 6.07) is 10.4. The average molecular weight is 315 g/mol. The molecule has 0 saturated heterocycles. The number of hydrogen-bond donors (Lipinski definition) is 1. The molecular weight excluding hydrogens is 294 g/mol. The molecule has 1 atom stereocenters. The third-order valence-electron chi connectivity index (χ3n) is 3.92. The second-order valence-electron chi connectivity index (χ2n) is 5.58. The Morgan fingerprint density at radius 3 is 2.86 bits per heavy atom. The van der Waals surface area contributed by atoms with E-state index in [9.17, 15) is 4.79 Å². The van der Waals surface area contributed by atoms with Gasteiger partial charge in [-0.05, 0) is 31.2 Å². The first kappa shape index (κ1) is 15.2. The summed E-state index contributed by atoms with van der Waals surface area (Å²) in [7, 11) is 0. The molecule has 1 unspecified atom stereocenters. The van der Waals surface area contributed by atoms with E-state index in [0.29, 0.717) is 11.7 Å². The summed E-state index contributed by atoms with van der Waals surface area (Å²) in [4.78, 5) is 16.6. The van der Waals surface area contributed by atoms with Crippen molar-refractivity contribution in [3.8, 4) is 0 Å². The minimum atomic E-state index is 0.0800. The van der Waals surface area contributed by atoms with Crippen molar-refractivity contribution in [2.45, 2.75) is 37.5 Å². The summed E-state index contributed by atoms with van der Waals surface area (Å²) >= 11 is 1.50. The van der Waals surface area contributed by atoms with E-state index in [4.69, 9.17) is 0 Å². The van der Waals surface area contributed by atoms with E-state index in [2.05, 4.69) is 29.4 Å². The zero-order valence-corrected chi connectivity index (χ0v) is 13.6. The normalized spacial score (nSPS) is 15.5. The van der Waals surface area contributed by atoms with Gasteiger partial charge >= 0.3 is 0 Å². The topological polar surface area (TPSA) is 46.9 Å². The van der Waals surface area contributed by atoms with Gasteiger partial charge in [-0.15, -0.1) is 0 Å². The molecular formula is C17H21N3OS. The van der Waals surface area contributed by atoms with Crippen molar-refractivity contribution in [1.82, 2.24) is 14.9 Å². The van der Waals surface area contributed by atoms with Crippen LogP contribution in [0.4, 0.5) is 0 Å². The number of benzene rings is 1. The molecule has 0 radical (unpaired) electrons.